The molecule has 10 aromatic rings. The molecule has 4 aromatic carbocycles. The fourth-order valence-electron chi connectivity index (χ4n) is 6.66. The predicted molar refractivity (Wildman–Crippen MR) is 190 cm³/mol. The van der Waals surface area contributed by atoms with Crippen molar-refractivity contribution in [3.63, 3.8) is 0 Å². The van der Waals surface area contributed by atoms with Crippen molar-refractivity contribution < 1.29 is 4.42 Å². The molecule has 0 unspecified atom stereocenters. The van der Waals surface area contributed by atoms with Gasteiger partial charge in [-0.25, -0.2) is 24.9 Å². The Hall–Kier alpha value is -6.73. The summed E-state index contributed by atoms with van der Waals surface area (Å²) in [6.45, 7) is 0. The highest BCUT2D eigenvalue weighted by atomic mass is 16.3. The molecule has 224 valence electrons. The Morgan fingerprint density at radius 2 is 1.17 bits per heavy atom. The molecule has 0 amide bonds. The lowest BCUT2D eigenvalue weighted by Gasteiger charge is -2.11. The van der Waals surface area contributed by atoms with E-state index in [9.17, 15) is 0 Å². The van der Waals surface area contributed by atoms with Gasteiger partial charge in [0, 0.05) is 39.9 Å². The summed E-state index contributed by atoms with van der Waals surface area (Å²) < 4.78 is 8.31. The van der Waals surface area contributed by atoms with Gasteiger partial charge in [0.2, 0.25) is 5.71 Å². The van der Waals surface area contributed by atoms with E-state index in [0.717, 1.165) is 83.3 Å². The van der Waals surface area contributed by atoms with E-state index >= 15 is 0 Å². The van der Waals surface area contributed by atoms with Gasteiger partial charge in [0.05, 0.1) is 11.1 Å². The largest absolute Gasteiger partial charge is 0.434 e. The lowest BCUT2D eigenvalue weighted by molar-refractivity contribution is 0.652. The van der Waals surface area contributed by atoms with Crippen molar-refractivity contribution in [3.05, 3.63) is 146 Å². The Morgan fingerprint density at radius 1 is 0.479 bits per heavy atom. The van der Waals surface area contributed by atoms with Crippen LogP contribution >= 0.6 is 0 Å². The summed E-state index contributed by atoms with van der Waals surface area (Å²) in [5.41, 5.74) is 12.5. The molecule has 0 fully saturated rings. The number of pyridine rings is 3. The zero-order valence-corrected chi connectivity index (χ0v) is 25.4. The molecule has 10 rings (SSSR count). The average Bonchev–Trinajstić information content (AvgIpc) is 3.73. The summed E-state index contributed by atoms with van der Waals surface area (Å²) in [4.78, 5) is 24.0. The topological polar surface area (TPSA) is 82.0 Å². The van der Waals surface area contributed by atoms with Gasteiger partial charge in [-0.2, -0.15) is 0 Å². The first kappa shape index (κ1) is 26.5. The van der Waals surface area contributed by atoms with Crippen LogP contribution < -0.4 is 0 Å². The fourth-order valence-corrected chi connectivity index (χ4v) is 6.66. The standard InChI is InChI=1S/C41H24N6O/c1-3-9-25(10-4-1)30-22-33-37-39(48-41(33)42-23-30)36(43-24-44-37)28-16-14-26(15-17-28)29-18-19-31-32(21-29)35(27-11-5-2-6-12-27)46-40-38(31)45-34-13-7-8-20-47(34)40/h1-24H. The second-order valence-corrected chi connectivity index (χ2v) is 11.8. The smallest absolute Gasteiger partial charge is 0.229 e. The predicted octanol–water partition coefficient (Wildman–Crippen LogP) is 9.79. The third-order valence-corrected chi connectivity index (χ3v) is 9.01. The molecule has 0 saturated heterocycles. The molecule has 0 saturated carbocycles. The third-order valence-electron chi connectivity index (χ3n) is 9.01. The minimum atomic E-state index is 0.543. The molecule has 0 radical (unpaired) electrons. The number of hydrogen-bond donors (Lipinski definition) is 0. The van der Waals surface area contributed by atoms with Gasteiger partial charge in [-0.05, 0) is 41.0 Å². The van der Waals surface area contributed by atoms with E-state index in [1.165, 1.54) is 0 Å². The molecule has 0 spiro atoms. The van der Waals surface area contributed by atoms with Gasteiger partial charge in [0.15, 0.2) is 11.2 Å². The highest BCUT2D eigenvalue weighted by Crippen LogP contribution is 2.37. The van der Waals surface area contributed by atoms with Crippen LogP contribution in [0.3, 0.4) is 0 Å². The number of aromatic nitrogens is 6. The molecule has 0 N–H and O–H groups in total. The van der Waals surface area contributed by atoms with Gasteiger partial charge >= 0.3 is 0 Å². The molecule has 48 heavy (non-hydrogen) atoms. The van der Waals surface area contributed by atoms with E-state index in [-0.39, 0.29) is 0 Å². The summed E-state index contributed by atoms with van der Waals surface area (Å²) in [5.74, 6) is 0. The quantitative estimate of drug-likeness (QED) is 0.196. The van der Waals surface area contributed by atoms with Crippen molar-refractivity contribution in [2.75, 3.05) is 0 Å². The number of benzene rings is 4. The first-order valence-electron chi connectivity index (χ1n) is 15.7. The van der Waals surface area contributed by atoms with Crippen molar-refractivity contribution in [2.45, 2.75) is 0 Å². The van der Waals surface area contributed by atoms with Crippen molar-refractivity contribution >= 4 is 49.8 Å². The minimum absolute atomic E-state index is 0.543. The van der Waals surface area contributed by atoms with Crippen molar-refractivity contribution in [1.82, 2.24) is 29.3 Å². The molecule has 0 atom stereocenters. The zero-order chi connectivity index (χ0) is 31.6. The van der Waals surface area contributed by atoms with Crippen LogP contribution in [0, 0.1) is 0 Å². The average molecular weight is 617 g/mol. The minimum Gasteiger partial charge on any atom is -0.434 e. The summed E-state index contributed by atoms with van der Waals surface area (Å²) in [7, 11) is 0. The van der Waals surface area contributed by atoms with Gasteiger partial charge in [-0.1, -0.05) is 103 Å². The first-order chi connectivity index (χ1) is 23.8. The number of fused-ring (bicyclic) bond motifs is 8. The van der Waals surface area contributed by atoms with E-state index in [0.29, 0.717) is 11.3 Å². The third kappa shape index (κ3) is 4.11. The van der Waals surface area contributed by atoms with Crippen molar-refractivity contribution in [1.29, 1.82) is 0 Å². The highest BCUT2D eigenvalue weighted by molar-refractivity contribution is 6.11. The van der Waals surface area contributed by atoms with Crippen LogP contribution in [-0.2, 0) is 0 Å². The fraction of sp³-hybridized carbons (Fsp3) is 0. The van der Waals surface area contributed by atoms with E-state index < -0.39 is 0 Å². The normalized spacial score (nSPS) is 11.8. The van der Waals surface area contributed by atoms with Crippen LogP contribution in [0.5, 0.6) is 0 Å². The van der Waals surface area contributed by atoms with Gasteiger partial charge in [-0.3, -0.25) is 4.40 Å². The van der Waals surface area contributed by atoms with E-state index in [1.54, 1.807) is 6.33 Å². The van der Waals surface area contributed by atoms with Gasteiger partial charge in [0.1, 0.15) is 28.7 Å². The molecule has 0 aliphatic carbocycles. The maximum Gasteiger partial charge on any atom is 0.229 e. The Kier molecular flexibility index (Phi) is 5.74. The maximum atomic E-state index is 6.25. The summed E-state index contributed by atoms with van der Waals surface area (Å²) in [6, 6.07) is 43.6. The Labute approximate surface area is 273 Å². The number of furan rings is 1. The van der Waals surface area contributed by atoms with Gasteiger partial charge in [-0.15, -0.1) is 0 Å². The number of nitrogens with zero attached hydrogens (tertiary/aromatic N) is 6. The van der Waals surface area contributed by atoms with E-state index in [2.05, 4.69) is 104 Å². The Bertz CT molecular complexity index is 2820. The summed E-state index contributed by atoms with van der Waals surface area (Å²) in [5, 5.41) is 2.99. The summed E-state index contributed by atoms with van der Waals surface area (Å²) >= 11 is 0. The number of imidazole rings is 1. The van der Waals surface area contributed by atoms with Gasteiger partial charge < -0.3 is 4.42 Å². The molecular weight excluding hydrogens is 592 g/mol. The Morgan fingerprint density at radius 3 is 2.00 bits per heavy atom. The van der Waals surface area contributed by atoms with E-state index in [4.69, 9.17) is 14.4 Å². The molecule has 7 nitrogen and oxygen atoms in total. The van der Waals surface area contributed by atoms with Crippen LogP contribution in [0.1, 0.15) is 0 Å². The first-order valence-corrected chi connectivity index (χ1v) is 15.7. The van der Waals surface area contributed by atoms with Crippen LogP contribution in [-0.4, -0.2) is 29.3 Å². The zero-order valence-electron chi connectivity index (χ0n) is 25.4. The highest BCUT2D eigenvalue weighted by Gasteiger charge is 2.18. The number of rotatable bonds is 4. The SMILES string of the molecule is c1ccc(-c2cnc3oc4c(-c5ccc(-c6ccc7c(c6)c(-c6ccccc6)nc6c7nc7ccccn76)cc5)ncnc4c3c2)cc1. The van der Waals surface area contributed by atoms with Crippen molar-refractivity contribution in [2.24, 2.45) is 0 Å². The number of hydrogen-bond acceptors (Lipinski definition) is 6. The Balaban J connectivity index is 1.08. The van der Waals surface area contributed by atoms with Gasteiger partial charge in [0.25, 0.3) is 0 Å². The van der Waals surface area contributed by atoms with E-state index in [1.807, 2.05) is 54.9 Å². The lowest BCUT2D eigenvalue weighted by atomic mass is 9.97. The summed E-state index contributed by atoms with van der Waals surface area (Å²) in [6.07, 6.45) is 5.45. The molecular formula is C41H24N6O. The van der Waals surface area contributed by atoms with Crippen LogP contribution in [0.25, 0.3) is 94.6 Å². The second kappa shape index (κ2) is 10.4. The molecule has 0 aliphatic heterocycles. The molecule has 7 heteroatoms. The molecule has 0 bridgehead atoms. The molecule has 6 aromatic heterocycles. The maximum absolute atomic E-state index is 6.25. The monoisotopic (exact) mass is 616 g/mol. The second-order valence-electron chi connectivity index (χ2n) is 11.8. The molecule has 0 aliphatic rings. The van der Waals surface area contributed by atoms with Crippen LogP contribution in [0.2, 0.25) is 0 Å². The van der Waals surface area contributed by atoms with Crippen LogP contribution in [0.15, 0.2) is 151 Å². The van der Waals surface area contributed by atoms with Crippen molar-refractivity contribution in [3.8, 4) is 44.8 Å². The lowest BCUT2D eigenvalue weighted by Crippen LogP contribution is -1.92. The molecule has 6 heterocycles. The van der Waals surface area contributed by atoms with Crippen LogP contribution in [0.4, 0.5) is 0 Å².